The van der Waals surface area contributed by atoms with Gasteiger partial charge in [0.05, 0.1) is 0 Å². The van der Waals surface area contributed by atoms with Crippen LogP contribution in [0.15, 0.2) is 6.07 Å². The van der Waals surface area contributed by atoms with Crippen LogP contribution in [0.3, 0.4) is 0 Å². The normalized spacial score (nSPS) is 13.3. The van der Waals surface area contributed by atoms with E-state index in [1.807, 2.05) is 19.3 Å². The van der Waals surface area contributed by atoms with E-state index < -0.39 is 11.9 Å². The van der Waals surface area contributed by atoms with Crippen LogP contribution in [-0.2, 0) is 6.18 Å². The first-order valence-electron chi connectivity index (χ1n) is 5.45. The summed E-state index contributed by atoms with van der Waals surface area (Å²) in [7, 11) is 1.68. The van der Waals surface area contributed by atoms with Crippen molar-refractivity contribution in [1.29, 1.82) is 0 Å². The van der Waals surface area contributed by atoms with Gasteiger partial charge in [0.2, 0.25) is 5.95 Å². The molecule has 0 fully saturated rings. The minimum absolute atomic E-state index is 0.0617. The number of aromatic nitrogens is 2. The second-order valence-electron chi connectivity index (χ2n) is 3.95. The molecule has 102 valence electrons. The number of hydrazine groups is 1. The number of hydrogen-bond acceptors (Lipinski definition) is 5. The van der Waals surface area contributed by atoms with E-state index in [1.54, 1.807) is 11.9 Å². The quantitative estimate of drug-likeness (QED) is 0.642. The maximum absolute atomic E-state index is 12.7. The van der Waals surface area contributed by atoms with Gasteiger partial charge in [-0.1, -0.05) is 6.92 Å². The fourth-order valence-electron chi connectivity index (χ4n) is 1.32. The zero-order valence-electron chi connectivity index (χ0n) is 10.4. The van der Waals surface area contributed by atoms with Gasteiger partial charge in [-0.25, -0.2) is 10.8 Å². The highest BCUT2D eigenvalue weighted by Crippen LogP contribution is 2.30. The van der Waals surface area contributed by atoms with Gasteiger partial charge in [-0.05, 0) is 13.3 Å². The van der Waals surface area contributed by atoms with Gasteiger partial charge in [0.1, 0.15) is 5.82 Å². The standard InChI is InChI=1S/C10H16F3N5/c1-4-6(2)18(3)8-5-7(10(11,12)13)15-9(16-8)17-14/h5-6H,4,14H2,1-3H3,(H,15,16,17). The van der Waals surface area contributed by atoms with Crippen LogP contribution in [0.5, 0.6) is 0 Å². The molecular weight excluding hydrogens is 247 g/mol. The lowest BCUT2D eigenvalue weighted by molar-refractivity contribution is -0.141. The van der Waals surface area contributed by atoms with Crippen LogP contribution in [-0.4, -0.2) is 23.1 Å². The zero-order valence-corrected chi connectivity index (χ0v) is 10.4. The van der Waals surface area contributed by atoms with Crippen LogP contribution in [0.2, 0.25) is 0 Å². The van der Waals surface area contributed by atoms with Crippen LogP contribution >= 0.6 is 0 Å². The Balaban J connectivity index is 3.20. The smallest absolute Gasteiger partial charge is 0.357 e. The molecule has 0 aliphatic heterocycles. The summed E-state index contributed by atoms with van der Waals surface area (Å²) >= 11 is 0. The maximum atomic E-state index is 12.7. The topological polar surface area (TPSA) is 67.1 Å². The molecule has 18 heavy (non-hydrogen) atoms. The predicted octanol–water partition coefficient (Wildman–Crippen LogP) is 2.02. The van der Waals surface area contributed by atoms with Crippen molar-refractivity contribution in [3.05, 3.63) is 11.8 Å². The molecule has 1 atom stereocenters. The van der Waals surface area contributed by atoms with E-state index in [1.165, 1.54) is 0 Å². The highest BCUT2D eigenvalue weighted by Gasteiger charge is 2.34. The molecule has 0 saturated heterocycles. The molecule has 5 nitrogen and oxygen atoms in total. The summed E-state index contributed by atoms with van der Waals surface area (Å²) in [6, 6.07) is 0.971. The molecule has 1 rings (SSSR count). The van der Waals surface area contributed by atoms with Gasteiger partial charge in [0.25, 0.3) is 0 Å². The van der Waals surface area contributed by atoms with Gasteiger partial charge in [-0.3, -0.25) is 5.43 Å². The highest BCUT2D eigenvalue weighted by molar-refractivity contribution is 5.45. The lowest BCUT2D eigenvalue weighted by Crippen LogP contribution is -2.30. The monoisotopic (exact) mass is 263 g/mol. The minimum Gasteiger partial charge on any atom is -0.357 e. The Hall–Kier alpha value is -1.57. The van der Waals surface area contributed by atoms with Crippen molar-refractivity contribution in [3.63, 3.8) is 0 Å². The number of alkyl halides is 3. The Labute approximate surface area is 103 Å². The van der Waals surface area contributed by atoms with Gasteiger partial charge in [0.15, 0.2) is 5.69 Å². The van der Waals surface area contributed by atoms with E-state index in [4.69, 9.17) is 5.84 Å². The fourth-order valence-corrected chi connectivity index (χ4v) is 1.32. The van der Waals surface area contributed by atoms with E-state index in [2.05, 4.69) is 9.97 Å². The number of nitrogen functional groups attached to an aromatic ring is 1. The van der Waals surface area contributed by atoms with Crippen molar-refractivity contribution >= 4 is 11.8 Å². The van der Waals surface area contributed by atoms with E-state index in [0.717, 1.165) is 12.5 Å². The molecule has 0 radical (unpaired) electrons. The molecule has 1 aromatic heterocycles. The molecule has 1 heterocycles. The molecule has 0 amide bonds. The molecule has 0 aliphatic rings. The molecule has 1 unspecified atom stereocenters. The zero-order chi connectivity index (χ0) is 13.9. The number of anilines is 2. The van der Waals surface area contributed by atoms with Crippen molar-refractivity contribution in [2.24, 2.45) is 5.84 Å². The highest BCUT2D eigenvalue weighted by atomic mass is 19.4. The maximum Gasteiger partial charge on any atom is 0.433 e. The van der Waals surface area contributed by atoms with Crippen molar-refractivity contribution < 1.29 is 13.2 Å². The minimum atomic E-state index is -4.53. The summed E-state index contributed by atoms with van der Waals surface area (Å²) in [5, 5.41) is 0. The Bertz CT molecular complexity index is 407. The van der Waals surface area contributed by atoms with Crippen LogP contribution < -0.4 is 16.2 Å². The SMILES string of the molecule is CCC(C)N(C)c1cc(C(F)(F)F)nc(NN)n1. The van der Waals surface area contributed by atoms with Crippen LogP contribution in [0, 0.1) is 0 Å². The Kier molecular flexibility index (Phi) is 4.33. The van der Waals surface area contributed by atoms with Crippen LogP contribution in [0.1, 0.15) is 26.0 Å². The third-order valence-corrected chi connectivity index (χ3v) is 2.75. The summed E-state index contributed by atoms with van der Waals surface area (Å²) in [5.41, 5.74) is 1.02. The Morgan fingerprint density at radius 3 is 2.50 bits per heavy atom. The van der Waals surface area contributed by atoms with Crippen molar-refractivity contribution in [3.8, 4) is 0 Å². The molecule has 1 aromatic rings. The van der Waals surface area contributed by atoms with E-state index in [-0.39, 0.29) is 17.8 Å². The lowest BCUT2D eigenvalue weighted by atomic mass is 10.2. The average molecular weight is 263 g/mol. The van der Waals surface area contributed by atoms with Gasteiger partial charge in [0, 0.05) is 19.2 Å². The van der Waals surface area contributed by atoms with Gasteiger partial charge < -0.3 is 4.90 Å². The summed E-state index contributed by atoms with van der Waals surface area (Å²) in [5.74, 6) is 5.00. The number of rotatable bonds is 4. The molecular formula is C10H16F3N5. The molecule has 8 heteroatoms. The van der Waals surface area contributed by atoms with Gasteiger partial charge >= 0.3 is 6.18 Å². The Morgan fingerprint density at radius 1 is 1.44 bits per heavy atom. The van der Waals surface area contributed by atoms with Gasteiger partial charge in [-0.2, -0.15) is 18.2 Å². The number of hydrogen-bond donors (Lipinski definition) is 2. The van der Waals surface area contributed by atoms with Crippen molar-refractivity contribution in [2.75, 3.05) is 17.4 Å². The first-order valence-corrected chi connectivity index (χ1v) is 5.45. The van der Waals surface area contributed by atoms with Crippen molar-refractivity contribution in [2.45, 2.75) is 32.5 Å². The number of halogens is 3. The largest absolute Gasteiger partial charge is 0.433 e. The third-order valence-electron chi connectivity index (χ3n) is 2.75. The molecule has 0 saturated carbocycles. The summed E-state index contributed by atoms with van der Waals surface area (Å²) in [4.78, 5) is 8.86. The molecule has 0 aromatic carbocycles. The number of nitrogens with one attached hydrogen (secondary N) is 1. The Morgan fingerprint density at radius 2 is 2.06 bits per heavy atom. The lowest BCUT2D eigenvalue weighted by Gasteiger charge is -2.25. The van der Waals surface area contributed by atoms with E-state index in [9.17, 15) is 13.2 Å². The number of nitrogens with zero attached hydrogens (tertiary/aromatic N) is 3. The van der Waals surface area contributed by atoms with Crippen LogP contribution in [0.4, 0.5) is 24.9 Å². The second kappa shape index (κ2) is 5.38. The van der Waals surface area contributed by atoms with Crippen molar-refractivity contribution in [1.82, 2.24) is 9.97 Å². The first-order chi connectivity index (χ1) is 8.29. The molecule has 3 N–H and O–H groups in total. The van der Waals surface area contributed by atoms with Gasteiger partial charge in [-0.15, -0.1) is 0 Å². The third kappa shape index (κ3) is 3.22. The average Bonchev–Trinajstić information content (AvgIpc) is 2.35. The predicted molar refractivity (Wildman–Crippen MR) is 63.0 cm³/mol. The fraction of sp³-hybridized carbons (Fsp3) is 0.600. The second-order valence-corrected chi connectivity index (χ2v) is 3.95. The molecule has 0 spiro atoms. The molecule has 0 bridgehead atoms. The number of nitrogens with two attached hydrogens (primary N) is 1. The summed E-state index contributed by atoms with van der Waals surface area (Å²) in [6.45, 7) is 3.83. The van der Waals surface area contributed by atoms with E-state index >= 15 is 0 Å². The molecule has 0 aliphatic carbocycles. The summed E-state index contributed by atoms with van der Waals surface area (Å²) in [6.07, 6.45) is -3.74. The summed E-state index contributed by atoms with van der Waals surface area (Å²) < 4.78 is 38.0. The van der Waals surface area contributed by atoms with Crippen LogP contribution in [0.25, 0.3) is 0 Å². The first kappa shape index (κ1) is 14.5. The van der Waals surface area contributed by atoms with E-state index in [0.29, 0.717) is 0 Å².